The Hall–Kier alpha value is -1.49. The van der Waals surface area contributed by atoms with Gasteiger partial charge in [0.05, 0.1) is 15.5 Å². The van der Waals surface area contributed by atoms with E-state index in [1.54, 1.807) is 0 Å². The van der Waals surface area contributed by atoms with Crippen LogP contribution in [0.2, 0.25) is 0 Å². The first-order valence-electron chi connectivity index (χ1n) is 6.31. The van der Waals surface area contributed by atoms with Crippen molar-refractivity contribution >= 4 is 21.6 Å². The van der Waals surface area contributed by atoms with Crippen molar-refractivity contribution < 1.29 is 0 Å². The van der Waals surface area contributed by atoms with Gasteiger partial charge in [0.15, 0.2) is 0 Å². The lowest BCUT2D eigenvalue weighted by molar-refractivity contribution is 0.583. The van der Waals surface area contributed by atoms with Crippen LogP contribution in [0.4, 0.5) is 0 Å². The van der Waals surface area contributed by atoms with Gasteiger partial charge in [-0.15, -0.1) is 4.91 Å². The van der Waals surface area contributed by atoms with E-state index in [0.717, 1.165) is 23.2 Å². The lowest BCUT2D eigenvalue weighted by Gasteiger charge is -2.04. The molecule has 18 heavy (non-hydrogen) atoms. The molecule has 0 fully saturated rings. The van der Waals surface area contributed by atoms with Gasteiger partial charge in [-0.25, -0.2) is 0 Å². The van der Waals surface area contributed by atoms with Crippen LogP contribution in [-0.2, 0) is 6.54 Å². The molecule has 1 aromatic carbocycles. The molecule has 1 heterocycles. The maximum absolute atomic E-state index is 10.4. The standard InChI is InChI=1S/C13H17N3OS/c1-2-3-4-7-10-16-11-8-5-6-9-12(11)18-13(16)14-15-17/h5-6,8-9H,2-4,7,10H2,1H3/b14-13-. The fourth-order valence-electron chi connectivity index (χ4n) is 2.05. The highest BCUT2D eigenvalue weighted by Crippen LogP contribution is 2.17. The zero-order valence-corrected chi connectivity index (χ0v) is 11.3. The molecule has 0 bridgehead atoms. The third kappa shape index (κ3) is 2.85. The van der Waals surface area contributed by atoms with Crippen LogP contribution in [0, 0.1) is 4.91 Å². The fraction of sp³-hybridized carbons (Fsp3) is 0.462. The number of nitrogens with zero attached hydrogens (tertiary/aromatic N) is 3. The number of unbranched alkanes of at least 4 members (excludes halogenated alkanes) is 3. The number of rotatable bonds is 6. The fourth-order valence-corrected chi connectivity index (χ4v) is 3.05. The van der Waals surface area contributed by atoms with Crippen LogP contribution >= 0.6 is 11.3 Å². The molecule has 0 atom stereocenters. The second kappa shape index (κ2) is 6.44. The van der Waals surface area contributed by atoms with Crippen LogP contribution in [0.1, 0.15) is 32.6 Å². The molecule has 0 saturated carbocycles. The molecule has 2 aromatic rings. The van der Waals surface area contributed by atoms with Crippen molar-refractivity contribution in [3.63, 3.8) is 0 Å². The molecule has 0 amide bonds. The molecule has 2 rings (SSSR count). The molecule has 0 spiro atoms. The van der Waals surface area contributed by atoms with Crippen LogP contribution in [0.15, 0.2) is 34.7 Å². The van der Waals surface area contributed by atoms with E-state index in [0.29, 0.717) is 4.80 Å². The van der Waals surface area contributed by atoms with E-state index >= 15 is 0 Å². The molecule has 1 aromatic heterocycles. The molecule has 96 valence electrons. The second-order valence-corrected chi connectivity index (χ2v) is 5.26. The monoisotopic (exact) mass is 263 g/mol. The number of hydrogen-bond acceptors (Lipinski definition) is 3. The second-order valence-electron chi connectivity index (χ2n) is 4.25. The first-order chi connectivity index (χ1) is 8.86. The van der Waals surface area contributed by atoms with E-state index in [4.69, 9.17) is 0 Å². The summed E-state index contributed by atoms with van der Waals surface area (Å²) in [6, 6.07) is 8.12. The topological polar surface area (TPSA) is 46.7 Å². The van der Waals surface area contributed by atoms with Gasteiger partial charge in [-0.1, -0.05) is 54.8 Å². The summed E-state index contributed by atoms with van der Waals surface area (Å²) in [6.07, 6.45) is 4.80. The minimum absolute atomic E-state index is 0.697. The predicted molar refractivity (Wildman–Crippen MR) is 75.3 cm³/mol. The van der Waals surface area contributed by atoms with Crippen LogP contribution in [0.3, 0.4) is 0 Å². The normalized spacial score (nSPS) is 12.2. The minimum Gasteiger partial charge on any atom is -0.315 e. The lowest BCUT2D eigenvalue weighted by atomic mass is 10.2. The summed E-state index contributed by atoms with van der Waals surface area (Å²) in [7, 11) is 0. The molecule has 0 aliphatic carbocycles. The van der Waals surface area contributed by atoms with Crippen LogP contribution in [0.5, 0.6) is 0 Å². The van der Waals surface area contributed by atoms with Gasteiger partial charge in [-0.2, -0.15) is 0 Å². The van der Waals surface area contributed by atoms with Crippen molar-refractivity contribution in [2.24, 2.45) is 10.4 Å². The third-order valence-corrected chi connectivity index (χ3v) is 4.00. The molecule has 4 nitrogen and oxygen atoms in total. The van der Waals surface area contributed by atoms with Crippen LogP contribution < -0.4 is 4.80 Å². The summed E-state index contributed by atoms with van der Waals surface area (Å²) in [5.41, 5.74) is 1.14. The molecule has 0 N–H and O–H groups in total. The van der Waals surface area contributed by atoms with E-state index in [1.165, 1.54) is 30.6 Å². The minimum atomic E-state index is 0.697. The zero-order chi connectivity index (χ0) is 12.8. The summed E-state index contributed by atoms with van der Waals surface area (Å²) in [6.45, 7) is 3.10. The summed E-state index contributed by atoms with van der Waals surface area (Å²) in [4.78, 5) is 11.1. The Morgan fingerprint density at radius 1 is 1.22 bits per heavy atom. The number of thiazole rings is 1. The van der Waals surface area contributed by atoms with Crippen molar-refractivity contribution in [2.75, 3.05) is 0 Å². The molecule has 0 aliphatic rings. The van der Waals surface area contributed by atoms with Crippen molar-refractivity contribution in [2.45, 2.75) is 39.2 Å². The van der Waals surface area contributed by atoms with Crippen molar-refractivity contribution in [1.82, 2.24) is 4.57 Å². The molecule has 0 saturated heterocycles. The van der Waals surface area contributed by atoms with Gasteiger partial charge in [0, 0.05) is 6.54 Å². The van der Waals surface area contributed by atoms with E-state index < -0.39 is 0 Å². The number of fused-ring (bicyclic) bond motifs is 1. The van der Waals surface area contributed by atoms with Crippen LogP contribution in [-0.4, -0.2) is 4.57 Å². The largest absolute Gasteiger partial charge is 0.315 e. The third-order valence-electron chi connectivity index (χ3n) is 2.95. The average molecular weight is 263 g/mol. The number of aryl methyl sites for hydroxylation is 1. The Bertz CT molecular complexity index is 585. The number of benzene rings is 1. The summed E-state index contributed by atoms with van der Waals surface area (Å²) in [5, 5.41) is 6.36. The van der Waals surface area contributed by atoms with E-state index in [-0.39, 0.29) is 0 Å². The van der Waals surface area contributed by atoms with Crippen LogP contribution in [0.25, 0.3) is 10.2 Å². The Labute approximate surface area is 110 Å². The molecule has 0 unspecified atom stereocenters. The quantitative estimate of drug-likeness (QED) is 0.443. The van der Waals surface area contributed by atoms with Gasteiger partial charge in [0.2, 0.25) is 4.80 Å². The Balaban J connectivity index is 2.30. The molecule has 0 radical (unpaired) electrons. The summed E-state index contributed by atoms with van der Waals surface area (Å²) >= 11 is 1.51. The molecular weight excluding hydrogens is 246 g/mol. The van der Waals surface area contributed by atoms with Gasteiger partial charge in [0.25, 0.3) is 0 Å². The number of para-hydroxylation sites is 1. The van der Waals surface area contributed by atoms with Crippen molar-refractivity contribution in [1.29, 1.82) is 0 Å². The van der Waals surface area contributed by atoms with E-state index in [9.17, 15) is 4.91 Å². The highest BCUT2D eigenvalue weighted by atomic mass is 32.1. The van der Waals surface area contributed by atoms with E-state index in [2.05, 4.69) is 27.9 Å². The predicted octanol–water partition coefficient (Wildman–Crippen LogP) is 3.87. The maximum Gasteiger partial charge on any atom is 0.215 e. The Morgan fingerprint density at radius 3 is 2.83 bits per heavy atom. The highest BCUT2D eigenvalue weighted by molar-refractivity contribution is 7.16. The van der Waals surface area contributed by atoms with Gasteiger partial charge in [-0.3, -0.25) is 0 Å². The van der Waals surface area contributed by atoms with Gasteiger partial charge in [0.1, 0.15) is 0 Å². The average Bonchev–Trinajstić information content (AvgIpc) is 2.73. The van der Waals surface area contributed by atoms with E-state index in [1.807, 2.05) is 18.2 Å². The first-order valence-corrected chi connectivity index (χ1v) is 7.13. The van der Waals surface area contributed by atoms with Crippen molar-refractivity contribution in [3.8, 4) is 0 Å². The van der Waals surface area contributed by atoms with Crippen molar-refractivity contribution in [3.05, 3.63) is 34.0 Å². The zero-order valence-electron chi connectivity index (χ0n) is 10.5. The summed E-state index contributed by atoms with van der Waals surface area (Å²) in [5.74, 6) is 0. The number of hydrogen-bond donors (Lipinski definition) is 0. The van der Waals surface area contributed by atoms with Gasteiger partial charge < -0.3 is 4.57 Å². The Morgan fingerprint density at radius 2 is 2.06 bits per heavy atom. The number of nitroso groups, excluding NO2 is 1. The van der Waals surface area contributed by atoms with Gasteiger partial charge in [-0.05, 0) is 18.6 Å². The molecular formula is C13H17N3OS. The maximum atomic E-state index is 10.4. The smallest absolute Gasteiger partial charge is 0.215 e. The molecule has 0 aliphatic heterocycles. The lowest BCUT2D eigenvalue weighted by Crippen LogP contribution is -2.14. The molecule has 5 heteroatoms. The van der Waals surface area contributed by atoms with Gasteiger partial charge >= 0.3 is 0 Å². The SMILES string of the molecule is CCCCCCn1/c(=N/N=O)sc2ccccc21. The highest BCUT2D eigenvalue weighted by Gasteiger charge is 2.05. The summed E-state index contributed by atoms with van der Waals surface area (Å²) < 4.78 is 3.24. The Kier molecular flexibility index (Phi) is 4.64. The number of aromatic nitrogens is 1. The first kappa shape index (κ1) is 13.0.